The highest BCUT2D eigenvalue weighted by molar-refractivity contribution is 7.91. The van der Waals surface area contributed by atoms with Crippen LogP contribution in [-0.4, -0.2) is 63.1 Å². The number of hydrogen-bond acceptors (Lipinski definition) is 8. The second kappa shape index (κ2) is 9.90. The Morgan fingerprint density at radius 2 is 2.06 bits per heavy atom. The molecule has 2 fully saturated rings. The Labute approximate surface area is 207 Å². The van der Waals surface area contributed by atoms with E-state index in [1.54, 1.807) is 29.5 Å². The summed E-state index contributed by atoms with van der Waals surface area (Å²) < 4.78 is 39.8. The molecular formula is C23H27N3O5S3. The van der Waals surface area contributed by atoms with Gasteiger partial charge in [-0.2, -0.15) is 4.31 Å². The van der Waals surface area contributed by atoms with Gasteiger partial charge in [0.05, 0.1) is 24.5 Å². The van der Waals surface area contributed by atoms with Crippen LogP contribution in [0.3, 0.4) is 0 Å². The van der Waals surface area contributed by atoms with Crippen LogP contribution in [0.1, 0.15) is 25.7 Å². The molecule has 3 aromatic rings. The number of thiophene rings is 1. The summed E-state index contributed by atoms with van der Waals surface area (Å²) in [5, 5.41) is 2.40. The second-order valence-electron chi connectivity index (χ2n) is 8.50. The molecule has 4 heterocycles. The maximum atomic E-state index is 13.7. The Balaban J connectivity index is 1.36. The summed E-state index contributed by atoms with van der Waals surface area (Å²) in [5.41, 5.74) is 0.743. The van der Waals surface area contributed by atoms with E-state index in [4.69, 9.17) is 14.5 Å². The molecule has 0 aliphatic carbocycles. The van der Waals surface area contributed by atoms with E-state index in [0.29, 0.717) is 54.2 Å². The van der Waals surface area contributed by atoms with Crippen molar-refractivity contribution in [3.05, 3.63) is 35.7 Å². The highest BCUT2D eigenvalue weighted by atomic mass is 32.2. The van der Waals surface area contributed by atoms with Gasteiger partial charge in [-0.25, -0.2) is 13.4 Å². The lowest BCUT2D eigenvalue weighted by Gasteiger charge is -2.33. The van der Waals surface area contributed by atoms with Crippen LogP contribution in [0.15, 0.2) is 39.9 Å². The first kappa shape index (κ1) is 23.7. The molecule has 0 bridgehead atoms. The van der Waals surface area contributed by atoms with Crippen LogP contribution in [0.2, 0.25) is 0 Å². The quantitative estimate of drug-likeness (QED) is 0.467. The topological polar surface area (TPSA) is 89.0 Å². The van der Waals surface area contributed by atoms with Crippen LogP contribution in [0.5, 0.6) is 5.75 Å². The number of carbonyl (C=O) groups is 1. The van der Waals surface area contributed by atoms with E-state index in [0.717, 1.165) is 23.1 Å². The number of fused-ring (bicyclic) bond motifs is 1. The predicted molar refractivity (Wildman–Crippen MR) is 133 cm³/mol. The second-order valence-corrected chi connectivity index (χ2v) is 12.6. The summed E-state index contributed by atoms with van der Waals surface area (Å²) in [6, 6.07) is 9.12. The van der Waals surface area contributed by atoms with E-state index in [9.17, 15) is 13.2 Å². The molecule has 0 saturated carbocycles. The van der Waals surface area contributed by atoms with Gasteiger partial charge in [0.2, 0.25) is 5.91 Å². The number of aromatic nitrogens is 1. The van der Waals surface area contributed by atoms with Gasteiger partial charge >= 0.3 is 0 Å². The van der Waals surface area contributed by atoms with Gasteiger partial charge in [-0.3, -0.25) is 9.69 Å². The van der Waals surface area contributed by atoms with Gasteiger partial charge in [0, 0.05) is 25.6 Å². The van der Waals surface area contributed by atoms with Gasteiger partial charge in [-0.05, 0) is 49.3 Å². The normalized spacial score (nSPS) is 20.1. The molecule has 1 unspecified atom stereocenters. The number of amides is 1. The molecule has 5 rings (SSSR count). The summed E-state index contributed by atoms with van der Waals surface area (Å²) in [5.74, 6) is 0.406. The molecule has 0 N–H and O–H groups in total. The SMILES string of the molecule is COc1cccc2sc(N(CC3CCCO3)C(=O)C3CCN(S(=O)(=O)c4cccs4)CC3)nc12. The molecule has 182 valence electrons. The number of benzene rings is 1. The van der Waals surface area contributed by atoms with Crippen LogP contribution in [0.25, 0.3) is 10.2 Å². The van der Waals surface area contributed by atoms with Gasteiger partial charge in [-0.1, -0.05) is 23.5 Å². The molecule has 34 heavy (non-hydrogen) atoms. The Morgan fingerprint density at radius 1 is 1.24 bits per heavy atom. The van der Waals surface area contributed by atoms with E-state index in [2.05, 4.69) is 0 Å². The van der Waals surface area contributed by atoms with Crippen LogP contribution in [0.4, 0.5) is 5.13 Å². The number of sulfonamides is 1. The van der Waals surface area contributed by atoms with Crippen molar-refractivity contribution in [3.8, 4) is 5.75 Å². The van der Waals surface area contributed by atoms with E-state index in [1.807, 2.05) is 18.2 Å². The average molecular weight is 522 g/mol. The van der Waals surface area contributed by atoms with Crippen molar-refractivity contribution >= 4 is 54.0 Å². The van der Waals surface area contributed by atoms with Crippen molar-refractivity contribution in [2.75, 3.05) is 38.3 Å². The van der Waals surface area contributed by atoms with Crippen molar-refractivity contribution in [1.29, 1.82) is 0 Å². The highest BCUT2D eigenvalue weighted by Crippen LogP contribution is 2.36. The summed E-state index contributed by atoms with van der Waals surface area (Å²) in [6.45, 7) is 1.82. The number of anilines is 1. The maximum absolute atomic E-state index is 13.7. The first-order chi connectivity index (χ1) is 16.5. The molecule has 1 atom stereocenters. The number of thiazole rings is 1. The van der Waals surface area contributed by atoms with Crippen LogP contribution in [0, 0.1) is 5.92 Å². The maximum Gasteiger partial charge on any atom is 0.252 e. The Kier molecular flexibility index (Phi) is 6.90. The molecular weight excluding hydrogens is 494 g/mol. The molecule has 8 nitrogen and oxygen atoms in total. The fourth-order valence-electron chi connectivity index (χ4n) is 4.55. The number of methoxy groups -OCH3 is 1. The van der Waals surface area contributed by atoms with E-state index < -0.39 is 10.0 Å². The molecule has 2 aromatic heterocycles. The lowest BCUT2D eigenvalue weighted by Crippen LogP contribution is -2.46. The Hall–Kier alpha value is -2.05. The molecule has 0 radical (unpaired) electrons. The molecule has 2 aliphatic rings. The molecule has 11 heteroatoms. The first-order valence-corrected chi connectivity index (χ1v) is 14.5. The van der Waals surface area contributed by atoms with Gasteiger partial charge in [0.15, 0.2) is 5.13 Å². The van der Waals surface area contributed by atoms with E-state index in [-0.39, 0.29) is 17.9 Å². The zero-order chi connectivity index (χ0) is 23.7. The molecule has 1 amide bonds. The summed E-state index contributed by atoms with van der Waals surface area (Å²) >= 11 is 2.69. The number of ether oxygens (including phenoxy) is 2. The van der Waals surface area contributed by atoms with Crippen molar-refractivity contribution in [2.45, 2.75) is 36.0 Å². The third-order valence-corrected chi connectivity index (χ3v) is 10.7. The van der Waals surface area contributed by atoms with Gasteiger partial charge in [-0.15, -0.1) is 11.3 Å². The van der Waals surface area contributed by atoms with Gasteiger partial charge in [0.1, 0.15) is 15.5 Å². The van der Waals surface area contributed by atoms with Crippen molar-refractivity contribution < 1.29 is 22.7 Å². The number of nitrogens with zero attached hydrogens (tertiary/aromatic N) is 3. The molecule has 2 aliphatic heterocycles. The zero-order valence-electron chi connectivity index (χ0n) is 18.9. The minimum atomic E-state index is -3.50. The third-order valence-electron chi connectivity index (χ3n) is 6.39. The summed E-state index contributed by atoms with van der Waals surface area (Å²) in [7, 11) is -1.89. The standard InChI is InChI=1S/C23H27N3O5S3/c1-30-18-6-2-7-19-21(18)24-23(33-19)26(15-17-5-3-13-31-17)22(27)16-9-11-25(12-10-16)34(28,29)20-8-4-14-32-20/h2,4,6-8,14,16-17H,3,5,9-13,15H2,1H3. The molecule has 2 saturated heterocycles. The largest absolute Gasteiger partial charge is 0.494 e. The number of carbonyl (C=O) groups excluding carboxylic acids is 1. The van der Waals surface area contributed by atoms with Crippen molar-refractivity contribution in [1.82, 2.24) is 9.29 Å². The number of para-hydroxylation sites is 1. The third kappa shape index (κ3) is 4.59. The van der Waals surface area contributed by atoms with E-state index >= 15 is 0 Å². The monoisotopic (exact) mass is 521 g/mol. The molecule has 0 spiro atoms. The first-order valence-electron chi connectivity index (χ1n) is 11.4. The van der Waals surface area contributed by atoms with Crippen LogP contribution >= 0.6 is 22.7 Å². The average Bonchev–Trinajstić information content (AvgIpc) is 3.63. The zero-order valence-corrected chi connectivity index (χ0v) is 21.3. The van der Waals surface area contributed by atoms with E-state index in [1.165, 1.54) is 27.0 Å². The van der Waals surface area contributed by atoms with Gasteiger partial charge < -0.3 is 9.47 Å². The summed E-state index contributed by atoms with van der Waals surface area (Å²) in [6.07, 6.45) is 2.85. The number of piperidine rings is 1. The summed E-state index contributed by atoms with van der Waals surface area (Å²) in [4.78, 5) is 20.3. The Bertz CT molecular complexity index is 1240. The lowest BCUT2D eigenvalue weighted by molar-refractivity contribution is -0.123. The fraction of sp³-hybridized carbons (Fsp3) is 0.478. The Morgan fingerprint density at radius 3 is 2.74 bits per heavy atom. The predicted octanol–water partition coefficient (Wildman–Crippen LogP) is 3.98. The number of hydrogen-bond donors (Lipinski definition) is 0. The smallest absolute Gasteiger partial charge is 0.252 e. The van der Waals surface area contributed by atoms with Gasteiger partial charge in [0.25, 0.3) is 10.0 Å². The number of rotatable bonds is 7. The fourth-order valence-corrected chi connectivity index (χ4v) is 8.16. The minimum Gasteiger partial charge on any atom is -0.494 e. The highest BCUT2D eigenvalue weighted by Gasteiger charge is 2.36. The van der Waals surface area contributed by atoms with Crippen molar-refractivity contribution in [3.63, 3.8) is 0 Å². The van der Waals surface area contributed by atoms with Crippen LogP contribution < -0.4 is 9.64 Å². The minimum absolute atomic E-state index is 0.0123. The lowest BCUT2D eigenvalue weighted by atomic mass is 9.96. The van der Waals surface area contributed by atoms with Crippen LogP contribution in [-0.2, 0) is 19.6 Å². The van der Waals surface area contributed by atoms with Crippen molar-refractivity contribution in [2.24, 2.45) is 5.92 Å². The molecule has 1 aromatic carbocycles.